The maximum absolute atomic E-state index is 12.4. The van der Waals surface area contributed by atoms with Crippen LogP contribution in [0, 0.1) is 0 Å². The zero-order chi connectivity index (χ0) is 19.8. The molecule has 1 aliphatic heterocycles. The minimum absolute atomic E-state index is 0.0945. The molecule has 4 aromatic rings. The first kappa shape index (κ1) is 17.6. The van der Waals surface area contributed by atoms with Crippen LogP contribution < -0.4 is 5.32 Å². The van der Waals surface area contributed by atoms with Gasteiger partial charge in [-0.15, -0.1) is 0 Å². The number of H-pyrrole nitrogens is 1. The predicted octanol–water partition coefficient (Wildman–Crippen LogP) is 5.38. The van der Waals surface area contributed by atoms with Crippen molar-refractivity contribution >= 4 is 62.2 Å². The van der Waals surface area contributed by atoms with E-state index in [1.54, 1.807) is 12.4 Å². The van der Waals surface area contributed by atoms with Crippen molar-refractivity contribution in [2.45, 2.75) is 0 Å². The quantitative estimate of drug-likeness (QED) is 0.418. The molecule has 0 bridgehead atoms. The van der Waals surface area contributed by atoms with Crippen molar-refractivity contribution in [3.8, 4) is 0 Å². The Morgan fingerprint density at radius 2 is 1.93 bits per heavy atom. The van der Waals surface area contributed by atoms with Gasteiger partial charge in [-0.2, -0.15) is 5.10 Å². The topological polar surface area (TPSA) is 70.7 Å². The van der Waals surface area contributed by atoms with Crippen LogP contribution in [-0.2, 0) is 4.79 Å². The van der Waals surface area contributed by atoms with E-state index in [1.807, 2.05) is 66.8 Å². The Labute approximate surface area is 175 Å². The van der Waals surface area contributed by atoms with E-state index in [-0.39, 0.29) is 5.91 Å². The highest BCUT2D eigenvalue weighted by Crippen LogP contribution is 2.35. The molecular weight excluding hydrogens is 428 g/mol. The Bertz CT molecular complexity index is 1310. The number of halogens is 1. The molecule has 0 saturated carbocycles. The second-order valence-corrected chi connectivity index (χ2v) is 7.65. The summed E-state index contributed by atoms with van der Waals surface area (Å²) in [6.07, 6.45) is 9.40. The maximum atomic E-state index is 12.4. The Morgan fingerprint density at radius 1 is 1.00 bits per heavy atom. The molecule has 29 heavy (non-hydrogen) atoms. The molecule has 2 aromatic carbocycles. The van der Waals surface area contributed by atoms with E-state index in [2.05, 4.69) is 36.4 Å². The number of nitrogens with zero attached hydrogens (tertiary/aromatic N) is 2. The van der Waals surface area contributed by atoms with Crippen LogP contribution in [0.3, 0.4) is 0 Å². The number of pyridine rings is 1. The summed E-state index contributed by atoms with van der Waals surface area (Å²) < 4.78 is 0.938. The second kappa shape index (κ2) is 7.14. The SMILES string of the molecule is O=C1Nc2ccc(Br)cc2/C1=C/c1ccc2c(/C=C/c3cccnc3)n[nH]c2c1. The molecule has 0 unspecified atom stereocenters. The maximum Gasteiger partial charge on any atom is 0.256 e. The summed E-state index contributed by atoms with van der Waals surface area (Å²) in [7, 11) is 0. The van der Waals surface area contributed by atoms with Gasteiger partial charge in [0, 0.05) is 39.1 Å². The summed E-state index contributed by atoms with van der Waals surface area (Å²) in [6, 6.07) is 15.7. The van der Waals surface area contributed by atoms with Crippen molar-refractivity contribution in [3.05, 3.63) is 87.8 Å². The van der Waals surface area contributed by atoms with E-state index in [9.17, 15) is 4.79 Å². The fourth-order valence-electron chi connectivity index (χ4n) is 3.40. The highest BCUT2D eigenvalue weighted by atomic mass is 79.9. The van der Waals surface area contributed by atoms with Crippen LogP contribution in [0.1, 0.15) is 22.4 Å². The molecule has 0 atom stereocenters. The van der Waals surface area contributed by atoms with Crippen LogP contribution in [0.25, 0.3) is 34.7 Å². The van der Waals surface area contributed by atoms with Crippen molar-refractivity contribution in [1.29, 1.82) is 0 Å². The van der Waals surface area contributed by atoms with Gasteiger partial charge in [-0.05, 0) is 59.7 Å². The predicted molar refractivity (Wildman–Crippen MR) is 120 cm³/mol. The van der Waals surface area contributed by atoms with Gasteiger partial charge in [-0.3, -0.25) is 14.9 Å². The molecule has 6 heteroatoms. The number of hydrogen-bond acceptors (Lipinski definition) is 3. The Morgan fingerprint density at radius 3 is 2.79 bits per heavy atom. The molecule has 5 rings (SSSR count). The number of aromatic amines is 1. The summed E-state index contributed by atoms with van der Waals surface area (Å²) in [5.74, 6) is -0.0945. The van der Waals surface area contributed by atoms with Gasteiger partial charge in [0.25, 0.3) is 5.91 Å². The van der Waals surface area contributed by atoms with Gasteiger partial charge in [0.05, 0.1) is 11.2 Å². The van der Waals surface area contributed by atoms with Crippen LogP contribution in [0.15, 0.2) is 65.4 Å². The Kier molecular flexibility index (Phi) is 4.33. The largest absolute Gasteiger partial charge is 0.321 e. The first-order valence-corrected chi connectivity index (χ1v) is 9.86. The molecule has 2 aromatic heterocycles. The molecule has 1 amide bonds. The van der Waals surface area contributed by atoms with Gasteiger partial charge in [-0.1, -0.05) is 34.1 Å². The highest BCUT2D eigenvalue weighted by molar-refractivity contribution is 9.10. The lowest BCUT2D eigenvalue weighted by molar-refractivity contribution is -0.110. The number of aromatic nitrogens is 3. The molecule has 1 aliphatic rings. The normalized spacial score (nSPS) is 14.7. The summed E-state index contributed by atoms with van der Waals surface area (Å²) in [5, 5.41) is 11.4. The number of benzene rings is 2. The lowest BCUT2D eigenvalue weighted by Crippen LogP contribution is -2.03. The fraction of sp³-hybridized carbons (Fsp3) is 0. The van der Waals surface area contributed by atoms with Crippen molar-refractivity contribution < 1.29 is 4.79 Å². The molecule has 0 fully saturated rings. The minimum atomic E-state index is -0.0945. The molecular formula is C23H15BrN4O. The molecule has 0 saturated heterocycles. The van der Waals surface area contributed by atoms with E-state index in [1.165, 1.54) is 0 Å². The summed E-state index contributed by atoms with van der Waals surface area (Å²) in [5.41, 5.74) is 6.10. The third-order valence-corrected chi connectivity index (χ3v) is 5.30. The van der Waals surface area contributed by atoms with Crippen LogP contribution in [0.5, 0.6) is 0 Å². The van der Waals surface area contributed by atoms with Crippen molar-refractivity contribution in [3.63, 3.8) is 0 Å². The van der Waals surface area contributed by atoms with Crippen LogP contribution in [-0.4, -0.2) is 21.1 Å². The monoisotopic (exact) mass is 442 g/mol. The molecule has 140 valence electrons. The van der Waals surface area contributed by atoms with Gasteiger partial charge in [0.1, 0.15) is 0 Å². The molecule has 0 aliphatic carbocycles. The molecule has 0 spiro atoms. The first-order chi connectivity index (χ1) is 14.2. The number of anilines is 1. The van der Waals surface area contributed by atoms with E-state index in [0.29, 0.717) is 5.57 Å². The van der Waals surface area contributed by atoms with Gasteiger partial charge < -0.3 is 5.32 Å². The first-order valence-electron chi connectivity index (χ1n) is 9.06. The summed E-state index contributed by atoms with van der Waals surface area (Å²) in [4.78, 5) is 16.5. The average Bonchev–Trinajstić information content (AvgIpc) is 3.28. The van der Waals surface area contributed by atoms with Crippen LogP contribution in [0.2, 0.25) is 0 Å². The average molecular weight is 443 g/mol. The van der Waals surface area contributed by atoms with Gasteiger partial charge in [0.2, 0.25) is 0 Å². The lowest BCUT2D eigenvalue weighted by Gasteiger charge is -2.00. The zero-order valence-electron chi connectivity index (χ0n) is 15.2. The number of rotatable bonds is 3. The van der Waals surface area contributed by atoms with Crippen LogP contribution in [0.4, 0.5) is 5.69 Å². The van der Waals surface area contributed by atoms with Gasteiger partial charge >= 0.3 is 0 Å². The van der Waals surface area contributed by atoms with Crippen molar-refractivity contribution in [2.75, 3.05) is 5.32 Å². The minimum Gasteiger partial charge on any atom is -0.321 e. The number of nitrogens with one attached hydrogen (secondary N) is 2. The summed E-state index contributed by atoms with van der Waals surface area (Å²) >= 11 is 3.47. The number of carbonyl (C=O) groups is 1. The van der Waals surface area contributed by atoms with Gasteiger partial charge in [-0.25, -0.2) is 0 Å². The third-order valence-electron chi connectivity index (χ3n) is 4.81. The molecule has 0 radical (unpaired) electrons. The fourth-order valence-corrected chi connectivity index (χ4v) is 3.76. The van der Waals surface area contributed by atoms with E-state index >= 15 is 0 Å². The summed E-state index contributed by atoms with van der Waals surface area (Å²) in [6.45, 7) is 0. The second-order valence-electron chi connectivity index (χ2n) is 6.74. The van der Waals surface area contributed by atoms with E-state index in [0.717, 1.165) is 43.4 Å². The smallest absolute Gasteiger partial charge is 0.256 e. The molecule has 2 N–H and O–H groups in total. The van der Waals surface area contributed by atoms with Gasteiger partial charge in [0.15, 0.2) is 0 Å². The Balaban J connectivity index is 1.49. The van der Waals surface area contributed by atoms with Crippen molar-refractivity contribution in [1.82, 2.24) is 15.2 Å². The standard InChI is InChI=1S/C23H15BrN4O/c24-16-5-8-20-18(12-16)19(23(29)26-20)10-15-3-6-17-21(27-28-22(17)11-15)7-4-14-2-1-9-25-13-14/h1-13H,(H,26,29)(H,27,28)/b7-4+,19-10-. The number of amides is 1. The van der Waals surface area contributed by atoms with E-state index < -0.39 is 0 Å². The number of carbonyl (C=O) groups excluding carboxylic acids is 1. The van der Waals surface area contributed by atoms with Crippen LogP contribution >= 0.6 is 15.9 Å². The third kappa shape index (κ3) is 3.39. The zero-order valence-corrected chi connectivity index (χ0v) is 16.8. The molecule has 3 heterocycles. The molecule has 5 nitrogen and oxygen atoms in total. The van der Waals surface area contributed by atoms with E-state index in [4.69, 9.17) is 0 Å². The van der Waals surface area contributed by atoms with Crippen molar-refractivity contribution in [2.24, 2.45) is 0 Å². The number of fused-ring (bicyclic) bond motifs is 2. The lowest BCUT2D eigenvalue weighted by atomic mass is 10.0. The number of hydrogen-bond donors (Lipinski definition) is 2. The highest BCUT2D eigenvalue weighted by Gasteiger charge is 2.24. The Hall–Kier alpha value is -3.51.